The minimum atomic E-state index is -2.58. The highest BCUT2D eigenvalue weighted by molar-refractivity contribution is 5.24. The molecule has 0 atom stereocenters. The van der Waals surface area contributed by atoms with E-state index in [4.69, 9.17) is 0 Å². The minimum Gasteiger partial charge on any atom is -0.313 e. The van der Waals surface area contributed by atoms with Gasteiger partial charge in [-0.1, -0.05) is 6.92 Å². The fourth-order valence-electron chi connectivity index (χ4n) is 2.31. The maximum absolute atomic E-state index is 12.8. The molecule has 2 rings (SSSR count). The molecule has 7 heteroatoms. The van der Waals surface area contributed by atoms with Crippen molar-refractivity contribution in [2.75, 3.05) is 6.54 Å². The van der Waals surface area contributed by atoms with Crippen molar-refractivity contribution < 1.29 is 8.78 Å². The Balaban J connectivity index is 2.17. The molecule has 2 heterocycles. The molecule has 0 aliphatic rings. The third-order valence-corrected chi connectivity index (χ3v) is 3.51. The summed E-state index contributed by atoms with van der Waals surface area (Å²) in [6.07, 6.45) is 3.74. The second-order valence-electron chi connectivity index (χ2n) is 5.01. The minimum absolute atomic E-state index is 0.248. The van der Waals surface area contributed by atoms with Crippen molar-refractivity contribution in [3.05, 3.63) is 35.2 Å². The van der Waals surface area contributed by atoms with E-state index in [9.17, 15) is 8.78 Å². The number of nitrogens with one attached hydrogen (secondary N) is 1. The summed E-state index contributed by atoms with van der Waals surface area (Å²) in [5.41, 5.74) is 3.03. The zero-order valence-electron chi connectivity index (χ0n) is 12.6. The van der Waals surface area contributed by atoms with E-state index < -0.39 is 6.55 Å². The fraction of sp³-hybridized carbons (Fsp3) is 0.571. The number of rotatable bonds is 7. The summed E-state index contributed by atoms with van der Waals surface area (Å²) in [6, 6.07) is 0. The first-order valence-corrected chi connectivity index (χ1v) is 7.08. The van der Waals surface area contributed by atoms with E-state index in [0.717, 1.165) is 41.0 Å². The van der Waals surface area contributed by atoms with Crippen LogP contribution in [-0.4, -0.2) is 25.9 Å². The van der Waals surface area contributed by atoms with Crippen molar-refractivity contribution in [1.82, 2.24) is 24.6 Å². The predicted octanol–water partition coefficient (Wildman–Crippen LogP) is 2.64. The SMILES string of the molecule is CCCNCc1c(C)nn(Cc2nccn2C(F)F)c1C. The average Bonchev–Trinajstić information content (AvgIpc) is 2.99. The molecule has 0 spiro atoms. The summed E-state index contributed by atoms with van der Waals surface area (Å²) in [5, 5.41) is 7.78. The van der Waals surface area contributed by atoms with E-state index in [2.05, 4.69) is 22.3 Å². The van der Waals surface area contributed by atoms with Gasteiger partial charge in [-0.05, 0) is 26.8 Å². The van der Waals surface area contributed by atoms with Crippen LogP contribution in [0.5, 0.6) is 0 Å². The van der Waals surface area contributed by atoms with Crippen molar-refractivity contribution in [3.8, 4) is 0 Å². The van der Waals surface area contributed by atoms with Gasteiger partial charge in [0, 0.05) is 30.2 Å². The van der Waals surface area contributed by atoms with Gasteiger partial charge in [0.25, 0.3) is 0 Å². The predicted molar refractivity (Wildman–Crippen MR) is 76.3 cm³/mol. The fourth-order valence-corrected chi connectivity index (χ4v) is 2.31. The van der Waals surface area contributed by atoms with Gasteiger partial charge in [0.15, 0.2) is 0 Å². The van der Waals surface area contributed by atoms with Crippen LogP contribution in [0.15, 0.2) is 12.4 Å². The second kappa shape index (κ2) is 6.80. The summed E-state index contributed by atoms with van der Waals surface area (Å²) in [6.45, 7) is 5.36. The molecule has 0 amide bonds. The molecule has 0 saturated carbocycles. The van der Waals surface area contributed by atoms with E-state index in [0.29, 0.717) is 5.82 Å². The standard InChI is InChI=1S/C14H21F2N5/c1-4-5-17-8-12-10(2)19-21(11(12)3)9-13-18-6-7-20(13)14(15)16/h6-7,14,17H,4-5,8-9H2,1-3H3. The number of hydrogen-bond donors (Lipinski definition) is 1. The Kier molecular flexibility index (Phi) is 5.06. The largest absolute Gasteiger partial charge is 0.319 e. The highest BCUT2D eigenvalue weighted by atomic mass is 19.3. The number of imidazole rings is 1. The highest BCUT2D eigenvalue weighted by Gasteiger charge is 2.16. The van der Waals surface area contributed by atoms with Gasteiger partial charge in [-0.25, -0.2) is 4.98 Å². The molecule has 2 aromatic rings. The van der Waals surface area contributed by atoms with Crippen LogP contribution in [0.2, 0.25) is 0 Å². The molecule has 21 heavy (non-hydrogen) atoms. The third-order valence-electron chi connectivity index (χ3n) is 3.51. The average molecular weight is 297 g/mol. The molecule has 0 aliphatic heterocycles. The van der Waals surface area contributed by atoms with Gasteiger partial charge in [-0.2, -0.15) is 13.9 Å². The number of aryl methyl sites for hydroxylation is 1. The third kappa shape index (κ3) is 3.47. The van der Waals surface area contributed by atoms with Crippen LogP contribution in [0, 0.1) is 13.8 Å². The molecule has 2 aromatic heterocycles. The van der Waals surface area contributed by atoms with Gasteiger partial charge in [-0.3, -0.25) is 9.25 Å². The summed E-state index contributed by atoms with van der Waals surface area (Å²) in [7, 11) is 0. The monoisotopic (exact) mass is 297 g/mol. The second-order valence-corrected chi connectivity index (χ2v) is 5.01. The number of halogens is 2. The Morgan fingerprint density at radius 1 is 1.33 bits per heavy atom. The summed E-state index contributed by atoms with van der Waals surface area (Å²) < 4.78 is 28.3. The Hall–Kier alpha value is -1.76. The van der Waals surface area contributed by atoms with E-state index in [1.807, 2.05) is 13.8 Å². The van der Waals surface area contributed by atoms with Crippen LogP contribution in [-0.2, 0) is 13.1 Å². The van der Waals surface area contributed by atoms with Crippen LogP contribution >= 0.6 is 0 Å². The van der Waals surface area contributed by atoms with E-state index in [-0.39, 0.29) is 6.54 Å². The molecule has 116 valence electrons. The molecule has 1 N–H and O–H groups in total. The first kappa shape index (κ1) is 15.6. The summed E-state index contributed by atoms with van der Waals surface area (Å²) >= 11 is 0. The van der Waals surface area contributed by atoms with E-state index >= 15 is 0 Å². The summed E-state index contributed by atoms with van der Waals surface area (Å²) in [5.74, 6) is 0.309. The Morgan fingerprint density at radius 3 is 2.76 bits per heavy atom. The lowest BCUT2D eigenvalue weighted by Gasteiger charge is -2.08. The molecule has 0 bridgehead atoms. The number of aromatic nitrogens is 4. The summed E-state index contributed by atoms with van der Waals surface area (Å²) in [4.78, 5) is 3.99. The van der Waals surface area contributed by atoms with Crippen LogP contribution in [0.3, 0.4) is 0 Å². The van der Waals surface area contributed by atoms with Gasteiger partial charge in [0.2, 0.25) is 0 Å². The van der Waals surface area contributed by atoms with Crippen LogP contribution < -0.4 is 5.32 Å². The maximum atomic E-state index is 12.8. The lowest BCUT2D eigenvalue weighted by Crippen LogP contribution is -2.15. The Bertz CT molecular complexity index is 588. The Morgan fingerprint density at radius 2 is 2.10 bits per heavy atom. The molecular formula is C14H21F2N5. The van der Waals surface area contributed by atoms with Crippen molar-refractivity contribution in [1.29, 1.82) is 0 Å². The number of hydrogen-bond acceptors (Lipinski definition) is 3. The van der Waals surface area contributed by atoms with Crippen molar-refractivity contribution in [2.45, 2.75) is 46.8 Å². The molecule has 0 saturated heterocycles. The van der Waals surface area contributed by atoms with Gasteiger partial charge < -0.3 is 5.32 Å². The lowest BCUT2D eigenvalue weighted by atomic mass is 10.2. The molecular weight excluding hydrogens is 276 g/mol. The topological polar surface area (TPSA) is 47.7 Å². The van der Waals surface area contributed by atoms with Gasteiger partial charge in [0.05, 0.1) is 12.2 Å². The zero-order chi connectivity index (χ0) is 15.4. The van der Waals surface area contributed by atoms with Crippen molar-refractivity contribution in [2.24, 2.45) is 0 Å². The molecule has 0 radical (unpaired) electrons. The van der Waals surface area contributed by atoms with Crippen molar-refractivity contribution >= 4 is 0 Å². The first-order valence-electron chi connectivity index (χ1n) is 7.08. The van der Waals surface area contributed by atoms with Crippen LogP contribution in [0.1, 0.15) is 42.7 Å². The smallest absolute Gasteiger partial charge is 0.313 e. The van der Waals surface area contributed by atoms with Crippen LogP contribution in [0.4, 0.5) is 8.78 Å². The lowest BCUT2D eigenvalue weighted by molar-refractivity contribution is 0.0665. The van der Waals surface area contributed by atoms with E-state index in [1.54, 1.807) is 4.68 Å². The number of nitrogens with zero attached hydrogens (tertiary/aromatic N) is 4. The normalized spacial score (nSPS) is 11.5. The number of alkyl halides is 2. The van der Waals surface area contributed by atoms with Crippen LogP contribution in [0.25, 0.3) is 0 Å². The van der Waals surface area contributed by atoms with Gasteiger partial charge >= 0.3 is 6.55 Å². The van der Waals surface area contributed by atoms with Crippen molar-refractivity contribution in [3.63, 3.8) is 0 Å². The van der Waals surface area contributed by atoms with E-state index in [1.165, 1.54) is 12.4 Å². The Labute approximate surface area is 123 Å². The van der Waals surface area contributed by atoms with Gasteiger partial charge in [-0.15, -0.1) is 0 Å². The zero-order valence-corrected chi connectivity index (χ0v) is 12.6. The molecule has 0 fully saturated rings. The molecule has 0 aliphatic carbocycles. The molecule has 0 aromatic carbocycles. The molecule has 0 unspecified atom stereocenters. The quantitative estimate of drug-likeness (QED) is 0.799. The first-order chi connectivity index (χ1) is 10.0. The maximum Gasteiger partial charge on any atom is 0.319 e. The van der Waals surface area contributed by atoms with Gasteiger partial charge in [0.1, 0.15) is 5.82 Å². The highest BCUT2D eigenvalue weighted by Crippen LogP contribution is 2.17. The molecule has 5 nitrogen and oxygen atoms in total.